The smallest absolute Gasteiger partial charge is 0.355 e. The minimum absolute atomic E-state index is 0.0624. The first-order valence-corrected chi connectivity index (χ1v) is 9.17. The van der Waals surface area contributed by atoms with Crippen molar-refractivity contribution in [2.75, 3.05) is 19.8 Å². The Balaban J connectivity index is 1.74. The predicted octanol–water partition coefficient (Wildman–Crippen LogP) is 2.33. The van der Waals surface area contributed by atoms with E-state index in [0.29, 0.717) is 19.8 Å². The third-order valence-electron chi connectivity index (χ3n) is 5.10. The number of aromatic amines is 1. The molecule has 1 aliphatic heterocycles. The lowest BCUT2D eigenvalue weighted by atomic mass is 10.0. The second-order valence-electron chi connectivity index (χ2n) is 6.81. The third-order valence-corrected chi connectivity index (χ3v) is 5.10. The average molecular weight is 396 g/mol. The van der Waals surface area contributed by atoms with Gasteiger partial charge in [-0.05, 0) is 30.9 Å². The Labute approximate surface area is 166 Å². The summed E-state index contributed by atoms with van der Waals surface area (Å²) in [5.41, 5.74) is 3.41. The van der Waals surface area contributed by atoms with Crippen LogP contribution in [0.3, 0.4) is 0 Å². The normalized spacial score (nSPS) is 16.8. The summed E-state index contributed by atoms with van der Waals surface area (Å²) in [7, 11) is 0. The number of para-hydroxylation sites is 1. The second-order valence-corrected chi connectivity index (χ2v) is 6.81. The molecule has 1 unspecified atom stereocenters. The highest BCUT2D eigenvalue weighted by molar-refractivity contribution is 5.97. The molecule has 0 saturated carbocycles. The van der Waals surface area contributed by atoms with E-state index in [9.17, 15) is 14.9 Å². The van der Waals surface area contributed by atoms with Crippen LogP contribution in [0.1, 0.15) is 33.4 Å². The standard InChI is InChI=1S/C19H20N6O4/c1-12-17(13(2)24(22-12)14-6-4-3-5-7-14)16-11-29-9-8-23(16)19(26)15-10-20-21-18(15)25(27)28/h3-7,10,16H,8-9,11H2,1-2H3,(H,20,21). The summed E-state index contributed by atoms with van der Waals surface area (Å²) in [5.74, 6) is -0.862. The van der Waals surface area contributed by atoms with Crippen molar-refractivity contribution in [3.8, 4) is 5.69 Å². The third kappa shape index (κ3) is 3.27. The van der Waals surface area contributed by atoms with Crippen molar-refractivity contribution in [1.29, 1.82) is 0 Å². The van der Waals surface area contributed by atoms with E-state index in [1.807, 2.05) is 48.9 Å². The fourth-order valence-corrected chi connectivity index (χ4v) is 3.77. The minimum atomic E-state index is -0.639. The van der Waals surface area contributed by atoms with Crippen LogP contribution in [0.5, 0.6) is 0 Å². The van der Waals surface area contributed by atoms with Crippen molar-refractivity contribution in [3.05, 3.63) is 69.2 Å². The van der Waals surface area contributed by atoms with Crippen LogP contribution in [0, 0.1) is 24.0 Å². The molecule has 1 amide bonds. The highest BCUT2D eigenvalue weighted by atomic mass is 16.6. The first kappa shape index (κ1) is 18.8. The van der Waals surface area contributed by atoms with E-state index in [0.717, 1.165) is 22.6 Å². The molecule has 0 aliphatic carbocycles. The molecule has 1 aliphatic rings. The van der Waals surface area contributed by atoms with E-state index < -0.39 is 22.7 Å². The Morgan fingerprint density at radius 1 is 1.31 bits per heavy atom. The van der Waals surface area contributed by atoms with Crippen LogP contribution in [0.4, 0.5) is 5.82 Å². The van der Waals surface area contributed by atoms with Crippen LogP contribution in [-0.4, -0.2) is 55.5 Å². The van der Waals surface area contributed by atoms with Gasteiger partial charge in [-0.1, -0.05) is 23.3 Å². The Morgan fingerprint density at radius 3 is 2.79 bits per heavy atom. The molecule has 4 rings (SSSR count). The Kier molecular flexibility index (Phi) is 4.85. The first-order valence-electron chi connectivity index (χ1n) is 9.17. The Morgan fingerprint density at radius 2 is 2.07 bits per heavy atom. The largest absolute Gasteiger partial charge is 0.377 e. The van der Waals surface area contributed by atoms with Crippen LogP contribution in [0.2, 0.25) is 0 Å². The van der Waals surface area contributed by atoms with Gasteiger partial charge in [0.2, 0.25) is 0 Å². The lowest BCUT2D eigenvalue weighted by Crippen LogP contribution is -2.43. The maximum absolute atomic E-state index is 13.1. The summed E-state index contributed by atoms with van der Waals surface area (Å²) in [5, 5.41) is 21.8. The number of hydrogen-bond donors (Lipinski definition) is 1. The van der Waals surface area contributed by atoms with E-state index in [1.54, 1.807) is 4.90 Å². The molecule has 3 heterocycles. The van der Waals surface area contributed by atoms with Crippen LogP contribution in [0.15, 0.2) is 36.5 Å². The summed E-state index contributed by atoms with van der Waals surface area (Å²) >= 11 is 0. The van der Waals surface area contributed by atoms with E-state index in [4.69, 9.17) is 4.74 Å². The number of hydrogen-bond acceptors (Lipinski definition) is 6. The van der Waals surface area contributed by atoms with Gasteiger partial charge in [0.05, 0.1) is 36.8 Å². The van der Waals surface area contributed by atoms with Crippen molar-refractivity contribution in [2.24, 2.45) is 0 Å². The van der Waals surface area contributed by atoms with Crippen LogP contribution in [-0.2, 0) is 4.74 Å². The number of benzene rings is 1. The van der Waals surface area contributed by atoms with Gasteiger partial charge in [-0.3, -0.25) is 4.79 Å². The van der Waals surface area contributed by atoms with Crippen LogP contribution in [0.25, 0.3) is 5.69 Å². The fraction of sp³-hybridized carbons (Fsp3) is 0.316. The molecule has 29 heavy (non-hydrogen) atoms. The second kappa shape index (κ2) is 7.47. The highest BCUT2D eigenvalue weighted by Crippen LogP contribution is 2.32. The van der Waals surface area contributed by atoms with Crippen LogP contribution >= 0.6 is 0 Å². The first-order chi connectivity index (χ1) is 14.0. The zero-order chi connectivity index (χ0) is 20.5. The number of nitrogens with one attached hydrogen (secondary N) is 1. The van der Waals surface area contributed by atoms with E-state index in [-0.39, 0.29) is 5.56 Å². The molecule has 150 valence electrons. The number of H-pyrrole nitrogens is 1. The molecule has 1 N–H and O–H groups in total. The number of ether oxygens (including phenoxy) is 1. The number of nitrogens with zero attached hydrogens (tertiary/aromatic N) is 5. The molecule has 1 aromatic carbocycles. The molecule has 0 radical (unpaired) electrons. The number of aryl methyl sites for hydroxylation is 1. The van der Waals surface area contributed by atoms with Gasteiger partial charge >= 0.3 is 5.82 Å². The molecular weight excluding hydrogens is 376 g/mol. The monoisotopic (exact) mass is 396 g/mol. The lowest BCUT2D eigenvalue weighted by molar-refractivity contribution is -0.389. The van der Waals surface area contributed by atoms with Gasteiger partial charge in [0.25, 0.3) is 5.91 Å². The summed E-state index contributed by atoms with van der Waals surface area (Å²) in [6, 6.07) is 9.31. The van der Waals surface area contributed by atoms with Gasteiger partial charge in [0, 0.05) is 17.8 Å². The number of carbonyl (C=O) groups is 1. The lowest BCUT2D eigenvalue weighted by Gasteiger charge is -2.35. The van der Waals surface area contributed by atoms with E-state index in [2.05, 4.69) is 15.3 Å². The number of rotatable bonds is 4. The number of amides is 1. The van der Waals surface area contributed by atoms with E-state index >= 15 is 0 Å². The Hall–Kier alpha value is -3.53. The zero-order valence-electron chi connectivity index (χ0n) is 16.0. The molecule has 2 aromatic heterocycles. The maximum Gasteiger partial charge on any atom is 0.355 e. The SMILES string of the molecule is Cc1nn(-c2ccccc2)c(C)c1C1COCCN1C(=O)c1cn[nH]c1[N+](=O)[O-]. The molecular formula is C19H20N6O4. The van der Waals surface area contributed by atoms with Crippen molar-refractivity contribution < 1.29 is 14.5 Å². The fourth-order valence-electron chi connectivity index (χ4n) is 3.77. The molecule has 1 fully saturated rings. The van der Waals surface area contributed by atoms with Crippen LogP contribution < -0.4 is 0 Å². The molecule has 10 nitrogen and oxygen atoms in total. The van der Waals surface area contributed by atoms with Crippen molar-refractivity contribution in [1.82, 2.24) is 24.9 Å². The Bertz CT molecular complexity index is 1060. The number of morpholine rings is 1. The summed E-state index contributed by atoms with van der Waals surface area (Å²) in [6.45, 7) is 4.80. The number of nitro groups is 1. The molecule has 1 atom stereocenters. The summed E-state index contributed by atoms with van der Waals surface area (Å²) in [6.07, 6.45) is 1.19. The van der Waals surface area contributed by atoms with E-state index in [1.165, 1.54) is 6.20 Å². The molecule has 10 heteroatoms. The molecule has 1 saturated heterocycles. The number of aromatic nitrogens is 4. The average Bonchev–Trinajstić information content (AvgIpc) is 3.33. The van der Waals surface area contributed by atoms with Crippen molar-refractivity contribution in [2.45, 2.75) is 19.9 Å². The van der Waals surface area contributed by atoms with Gasteiger partial charge in [-0.2, -0.15) is 5.10 Å². The molecule has 3 aromatic rings. The summed E-state index contributed by atoms with van der Waals surface area (Å²) in [4.78, 5) is 25.3. The maximum atomic E-state index is 13.1. The quantitative estimate of drug-likeness (QED) is 0.534. The number of carbonyl (C=O) groups excluding carboxylic acids is 1. The topological polar surface area (TPSA) is 119 Å². The van der Waals surface area contributed by atoms with Gasteiger partial charge in [-0.25, -0.2) is 4.68 Å². The molecule has 0 bridgehead atoms. The predicted molar refractivity (Wildman–Crippen MR) is 103 cm³/mol. The van der Waals surface area contributed by atoms with Gasteiger partial charge in [0.1, 0.15) is 0 Å². The highest BCUT2D eigenvalue weighted by Gasteiger charge is 2.36. The van der Waals surface area contributed by atoms with Crippen molar-refractivity contribution in [3.63, 3.8) is 0 Å². The zero-order valence-corrected chi connectivity index (χ0v) is 16.0. The van der Waals surface area contributed by atoms with Gasteiger partial charge in [0.15, 0.2) is 5.56 Å². The molecule has 0 spiro atoms. The van der Waals surface area contributed by atoms with Gasteiger partial charge < -0.3 is 19.8 Å². The van der Waals surface area contributed by atoms with Gasteiger partial charge in [-0.15, -0.1) is 5.10 Å². The summed E-state index contributed by atoms with van der Waals surface area (Å²) < 4.78 is 7.48. The minimum Gasteiger partial charge on any atom is -0.377 e. The van der Waals surface area contributed by atoms with Crippen molar-refractivity contribution >= 4 is 11.7 Å².